The Morgan fingerprint density at radius 1 is 1.28 bits per heavy atom. The van der Waals surface area contributed by atoms with E-state index in [9.17, 15) is 8.78 Å². The average Bonchev–Trinajstić information content (AvgIpc) is 2.36. The number of nitrogens with two attached hydrogens (primary N) is 1. The minimum absolute atomic E-state index is 0.0937. The van der Waals surface area contributed by atoms with Gasteiger partial charge in [0.2, 0.25) is 0 Å². The normalized spacial score (nSPS) is 9.83. The lowest BCUT2D eigenvalue weighted by Gasteiger charge is -2.08. The second-order valence-electron chi connectivity index (χ2n) is 3.53. The summed E-state index contributed by atoms with van der Waals surface area (Å²) < 4.78 is 26.4. The van der Waals surface area contributed by atoms with Crippen LogP contribution in [0.25, 0.3) is 0 Å². The summed E-state index contributed by atoms with van der Waals surface area (Å²) >= 11 is 0. The van der Waals surface area contributed by atoms with Gasteiger partial charge in [-0.3, -0.25) is 0 Å². The van der Waals surface area contributed by atoms with Gasteiger partial charge in [0.25, 0.3) is 0 Å². The maximum absolute atomic E-state index is 13.4. The molecule has 0 atom stereocenters. The molecule has 0 saturated carbocycles. The molecule has 0 radical (unpaired) electrons. The van der Waals surface area contributed by atoms with Crippen LogP contribution in [-0.4, -0.2) is 4.98 Å². The number of hydrogen-bond donors (Lipinski definition) is 2. The molecular formula is C12H8F2N4. The third-order valence-corrected chi connectivity index (χ3v) is 2.21. The Morgan fingerprint density at radius 3 is 2.78 bits per heavy atom. The van der Waals surface area contributed by atoms with Crippen molar-refractivity contribution in [3.05, 3.63) is 47.7 Å². The van der Waals surface area contributed by atoms with Crippen molar-refractivity contribution in [1.82, 2.24) is 4.98 Å². The Hall–Kier alpha value is -2.68. The van der Waals surface area contributed by atoms with E-state index in [0.717, 1.165) is 18.2 Å². The monoisotopic (exact) mass is 246 g/mol. The van der Waals surface area contributed by atoms with Gasteiger partial charge in [-0.1, -0.05) is 0 Å². The topological polar surface area (TPSA) is 74.7 Å². The number of nitriles is 1. The first-order valence-corrected chi connectivity index (χ1v) is 4.98. The summed E-state index contributed by atoms with van der Waals surface area (Å²) in [7, 11) is 0. The van der Waals surface area contributed by atoms with Crippen molar-refractivity contribution in [2.75, 3.05) is 11.1 Å². The largest absolute Gasteiger partial charge is 0.397 e. The predicted octanol–water partition coefficient (Wildman–Crippen LogP) is 2.56. The lowest BCUT2D eigenvalue weighted by Crippen LogP contribution is -2.00. The van der Waals surface area contributed by atoms with Crippen LogP contribution in [0.4, 0.5) is 26.0 Å². The molecule has 1 aromatic heterocycles. The van der Waals surface area contributed by atoms with Crippen LogP contribution < -0.4 is 11.1 Å². The van der Waals surface area contributed by atoms with Gasteiger partial charge in [0.1, 0.15) is 23.5 Å². The molecule has 1 aromatic carbocycles. The molecule has 0 bridgehead atoms. The van der Waals surface area contributed by atoms with Crippen LogP contribution in [0.5, 0.6) is 0 Å². The summed E-state index contributed by atoms with van der Waals surface area (Å²) in [6.07, 6.45) is 1.32. The van der Waals surface area contributed by atoms with Gasteiger partial charge in [-0.2, -0.15) is 5.26 Å². The molecule has 2 aromatic rings. The van der Waals surface area contributed by atoms with E-state index in [1.807, 2.05) is 6.07 Å². The number of anilines is 3. The van der Waals surface area contributed by atoms with Gasteiger partial charge in [0.05, 0.1) is 23.1 Å². The molecule has 4 nitrogen and oxygen atoms in total. The number of nitrogen functional groups attached to an aromatic ring is 1. The van der Waals surface area contributed by atoms with E-state index in [-0.39, 0.29) is 17.1 Å². The van der Waals surface area contributed by atoms with Crippen molar-refractivity contribution >= 4 is 17.2 Å². The number of rotatable bonds is 2. The van der Waals surface area contributed by atoms with Crippen LogP contribution in [0.1, 0.15) is 5.56 Å². The smallest absolute Gasteiger partial charge is 0.148 e. The van der Waals surface area contributed by atoms with E-state index in [0.29, 0.717) is 5.69 Å². The lowest BCUT2D eigenvalue weighted by atomic mass is 10.2. The van der Waals surface area contributed by atoms with Crippen molar-refractivity contribution in [3.63, 3.8) is 0 Å². The molecule has 18 heavy (non-hydrogen) atoms. The number of nitrogens with zero attached hydrogens (tertiary/aromatic N) is 2. The fraction of sp³-hybridized carbons (Fsp3) is 0. The van der Waals surface area contributed by atoms with E-state index in [1.165, 1.54) is 12.3 Å². The van der Waals surface area contributed by atoms with E-state index < -0.39 is 11.6 Å². The summed E-state index contributed by atoms with van der Waals surface area (Å²) in [5.41, 5.74) is 5.85. The van der Waals surface area contributed by atoms with Gasteiger partial charge < -0.3 is 11.1 Å². The fourth-order valence-corrected chi connectivity index (χ4v) is 1.39. The fourth-order valence-electron chi connectivity index (χ4n) is 1.39. The predicted molar refractivity (Wildman–Crippen MR) is 63.0 cm³/mol. The molecule has 90 valence electrons. The molecule has 0 aliphatic carbocycles. The summed E-state index contributed by atoms with van der Waals surface area (Å²) in [4.78, 5) is 3.87. The Labute approximate surface area is 102 Å². The van der Waals surface area contributed by atoms with Gasteiger partial charge in [-0.15, -0.1) is 0 Å². The number of benzene rings is 1. The number of hydrogen-bond acceptors (Lipinski definition) is 4. The highest BCUT2D eigenvalue weighted by atomic mass is 19.1. The van der Waals surface area contributed by atoms with Gasteiger partial charge >= 0.3 is 0 Å². The number of nitrogens with one attached hydrogen (secondary N) is 1. The van der Waals surface area contributed by atoms with Crippen molar-refractivity contribution in [2.24, 2.45) is 0 Å². The molecule has 0 aliphatic heterocycles. The highest BCUT2D eigenvalue weighted by molar-refractivity contribution is 5.65. The standard InChI is InChI=1S/C12H8F2N4/c13-8-1-2-10(14)11(4-8)18-12-7(5-15)3-9(16)6-17-12/h1-4,6H,16H2,(H,17,18). The highest BCUT2D eigenvalue weighted by Crippen LogP contribution is 2.22. The maximum Gasteiger partial charge on any atom is 0.148 e. The average molecular weight is 246 g/mol. The Balaban J connectivity index is 2.40. The molecule has 0 saturated heterocycles. The zero-order valence-electron chi connectivity index (χ0n) is 9.11. The molecular weight excluding hydrogens is 238 g/mol. The Kier molecular flexibility index (Phi) is 3.06. The van der Waals surface area contributed by atoms with Crippen LogP contribution in [-0.2, 0) is 0 Å². The van der Waals surface area contributed by atoms with Crippen molar-refractivity contribution in [3.8, 4) is 6.07 Å². The third kappa shape index (κ3) is 2.35. The number of pyridine rings is 1. The molecule has 6 heteroatoms. The van der Waals surface area contributed by atoms with Gasteiger partial charge in [0.15, 0.2) is 0 Å². The maximum atomic E-state index is 13.4. The molecule has 0 aliphatic rings. The lowest BCUT2D eigenvalue weighted by molar-refractivity contribution is 0.603. The first-order valence-electron chi connectivity index (χ1n) is 4.98. The quantitative estimate of drug-likeness (QED) is 0.853. The Bertz CT molecular complexity index is 634. The summed E-state index contributed by atoms with van der Waals surface area (Å²) in [5.74, 6) is -1.11. The van der Waals surface area contributed by atoms with E-state index in [2.05, 4.69) is 10.3 Å². The van der Waals surface area contributed by atoms with E-state index in [1.54, 1.807) is 0 Å². The molecule has 0 fully saturated rings. The molecule has 3 N–H and O–H groups in total. The summed E-state index contributed by atoms with van der Waals surface area (Å²) in [5, 5.41) is 11.4. The van der Waals surface area contributed by atoms with Crippen LogP contribution in [0, 0.1) is 23.0 Å². The van der Waals surface area contributed by atoms with Crippen LogP contribution in [0.3, 0.4) is 0 Å². The van der Waals surface area contributed by atoms with Gasteiger partial charge in [-0.05, 0) is 18.2 Å². The minimum Gasteiger partial charge on any atom is -0.397 e. The van der Waals surface area contributed by atoms with Crippen molar-refractivity contribution in [1.29, 1.82) is 5.26 Å². The van der Waals surface area contributed by atoms with E-state index in [4.69, 9.17) is 11.0 Å². The SMILES string of the molecule is N#Cc1cc(N)cnc1Nc1cc(F)ccc1F. The zero-order chi connectivity index (χ0) is 13.1. The third-order valence-electron chi connectivity index (χ3n) is 2.21. The van der Waals surface area contributed by atoms with Crippen LogP contribution in [0.15, 0.2) is 30.5 Å². The number of aromatic nitrogens is 1. The molecule has 0 amide bonds. The van der Waals surface area contributed by atoms with Crippen molar-refractivity contribution < 1.29 is 8.78 Å². The second kappa shape index (κ2) is 4.67. The minimum atomic E-state index is -0.640. The Morgan fingerprint density at radius 2 is 2.06 bits per heavy atom. The van der Waals surface area contributed by atoms with Crippen LogP contribution >= 0.6 is 0 Å². The van der Waals surface area contributed by atoms with Gasteiger partial charge in [0, 0.05) is 6.07 Å². The summed E-state index contributed by atoms with van der Waals surface area (Å²) in [6.45, 7) is 0. The van der Waals surface area contributed by atoms with Gasteiger partial charge in [-0.25, -0.2) is 13.8 Å². The molecule has 2 rings (SSSR count). The summed E-state index contributed by atoms with van der Waals surface area (Å²) in [6, 6.07) is 6.23. The molecule has 0 spiro atoms. The first-order chi connectivity index (χ1) is 8.60. The molecule has 1 heterocycles. The second-order valence-corrected chi connectivity index (χ2v) is 3.53. The van der Waals surface area contributed by atoms with Crippen molar-refractivity contribution in [2.45, 2.75) is 0 Å². The highest BCUT2D eigenvalue weighted by Gasteiger charge is 2.08. The van der Waals surface area contributed by atoms with E-state index >= 15 is 0 Å². The number of halogens is 2. The zero-order valence-corrected chi connectivity index (χ0v) is 9.11. The first kappa shape index (κ1) is 11.8. The molecule has 0 unspecified atom stereocenters. The van der Waals surface area contributed by atoms with Crippen LogP contribution in [0.2, 0.25) is 0 Å².